The van der Waals surface area contributed by atoms with E-state index in [9.17, 15) is 19.2 Å². The van der Waals surface area contributed by atoms with Gasteiger partial charge < -0.3 is 29.3 Å². The molecule has 13 heteroatoms. The first-order valence-electron chi connectivity index (χ1n) is 13.6. The largest absolute Gasteiger partial charge is 0.496 e. The molecule has 0 aliphatic carbocycles. The van der Waals surface area contributed by atoms with Crippen LogP contribution in [0.5, 0.6) is 5.75 Å². The van der Waals surface area contributed by atoms with Crippen molar-refractivity contribution in [3.05, 3.63) is 45.9 Å². The molecule has 1 aromatic heterocycles. The topological polar surface area (TPSA) is 146 Å². The SMILES string of the molecule is CO/N=C/C1(C(=O)OC(C)(C)C)CC(NC(C)=O)(C(=O)OC)C(c2nccs2)N1C(=O)c1ccc(C(C)(C)C)c(OC)c1. The van der Waals surface area contributed by atoms with Gasteiger partial charge in [0, 0.05) is 30.5 Å². The van der Waals surface area contributed by atoms with Gasteiger partial charge in [0.2, 0.25) is 5.91 Å². The van der Waals surface area contributed by atoms with Crippen LogP contribution in [0.25, 0.3) is 0 Å². The molecule has 3 atom stereocenters. The molecule has 2 aromatic rings. The number of ether oxygens (including phenoxy) is 3. The van der Waals surface area contributed by atoms with Crippen LogP contribution < -0.4 is 10.1 Å². The smallest absolute Gasteiger partial charge is 0.338 e. The highest BCUT2D eigenvalue weighted by atomic mass is 32.1. The van der Waals surface area contributed by atoms with Crippen LogP contribution in [0.3, 0.4) is 0 Å². The van der Waals surface area contributed by atoms with E-state index in [0.717, 1.165) is 30.2 Å². The minimum atomic E-state index is -2.07. The van der Waals surface area contributed by atoms with Crippen molar-refractivity contribution in [2.24, 2.45) is 5.16 Å². The number of nitrogens with zero attached hydrogens (tertiary/aromatic N) is 3. The number of thiazole rings is 1. The summed E-state index contributed by atoms with van der Waals surface area (Å²) in [6.45, 7) is 12.3. The molecule has 1 aliphatic rings. The van der Waals surface area contributed by atoms with E-state index in [0.29, 0.717) is 5.75 Å². The molecule has 3 rings (SSSR count). The molecule has 1 aliphatic heterocycles. The van der Waals surface area contributed by atoms with Crippen molar-refractivity contribution in [2.75, 3.05) is 21.3 Å². The number of oxime groups is 1. The number of carbonyl (C=O) groups excluding carboxylic acids is 4. The molecule has 0 spiro atoms. The van der Waals surface area contributed by atoms with Gasteiger partial charge in [0.15, 0.2) is 11.1 Å². The molecule has 43 heavy (non-hydrogen) atoms. The molecule has 1 fully saturated rings. The maximum Gasteiger partial charge on any atom is 0.338 e. The normalized spacial score (nSPS) is 22.3. The van der Waals surface area contributed by atoms with Crippen LogP contribution in [0.15, 0.2) is 34.9 Å². The summed E-state index contributed by atoms with van der Waals surface area (Å²) in [6.07, 6.45) is 2.13. The van der Waals surface area contributed by atoms with E-state index >= 15 is 0 Å². The predicted molar refractivity (Wildman–Crippen MR) is 160 cm³/mol. The maximum absolute atomic E-state index is 14.8. The van der Waals surface area contributed by atoms with Crippen LogP contribution in [0.4, 0.5) is 0 Å². The molecule has 1 saturated heterocycles. The number of nitrogens with one attached hydrogen (secondary N) is 1. The minimum Gasteiger partial charge on any atom is -0.496 e. The Kier molecular flexibility index (Phi) is 9.59. The summed E-state index contributed by atoms with van der Waals surface area (Å²) in [5.41, 5.74) is -4.34. The molecule has 12 nitrogen and oxygen atoms in total. The quantitative estimate of drug-likeness (QED) is 0.266. The summed E-state index contributed by atoms with van der Waals surface area (Å²) in [5, 5.41) is 8.53. The number of benzene rings is 1. The van der Waals surface area contributed by atoms with Gasteiger partial charge in [-0.25, -0.2) is 14.6 Å². The van der Waals surface area contributed by atoms with Crippen molar-refractivity contribution in [1.29, 1.82) is 0 Å². The Balaban J connectivity index is 2.46. The average Bonchev–Trinajstić information content (AvgIpc) is 3.54. The summed E-state index contributed by atoms with van der Waals surface area (Å²) in [7, 11) is 3.93. The Labute approximate surface area is 255 Å². The molecule has 2 heterocycles. The molecule has 3 unspecified atom stereocenters. The Morgan fingerprint density at radius 2 is 1.77 bits per heavy atom. The van der Waals surface area contributed by atoms with Gasteiger partial charge in [0.05, 0.1) is 20.4 Å². The summed E-state index contributed by atoms with van der Waals surface area (Å²) in [5.74, 6) is -2.61. The van der Waals surface area contributed by atoms with Crippen molar-refractivity contribution in [3.63, 3.8) is 0 Å². The van der Waals surface area contributed by atoms with Crippen molar-refractivity contribution in [2.45, 2.75) is 83.0 Å². The number of hydrogen-bond donors (Lipinski definition) is 1. The second kappa shape index (κ2) is 12.3. The van der Waals surface area contributed by atoms with Crippen molar-refractivity contribution < 1.29 is 38.2 Å². The van der Waals surface area contributed by atoms with Gasteiger partial charge in [-0.05, 0) is 43.9 Å². The molecular weight excluding hydrogens is 576 g/mol. The molecule has 1 N–H and O–H groups in total. The Morgan fingerprint density at radius 1 is 1.09 bits per heavy atom. The molecular formula is C30H40N4O8S. The van der Waals surface area contributed by atoms with Gasteiger partial charge in [-0.1, -0.05) is 32.0 Å². The van der Waals surface area contributed by atoms with E-state index in [4.69, 9.17) is 19.0 Å². The average molecular weight is 617 g/mol. The van der Waals surface area contributed by atoms with Gasteiger partial charge in [-0.3, -0.25) is 9.59 Å². The number of esters is 2. The lowest BCUT2D eigenvalue weighted by atomic mass is 9.84. The highest BCUT2D eigenvalue weighted by Crippen LogP contribution is 2.52. The van der Waals surface area contributed by atoms with Gasteiger partial charge >= 0.3 is 11.9 Å². The minimum absolute atomic E-state index is 0.147. The third-order valence-electron chi connectivity index (χ3n) is 6.94. The molecule has 2 amide bonds. The van der Waals surface area contributed by atoms with E-state index in [1.807, 2.05) is 20.8 Å². The Hall–Kier alpha value is -4.00. The number of methoxy groups -OCH3 is 2. The lowest BCUT2D eigenvalue weighted by Crippen LogP contribution is -2.58. The first-order valence-corrected chi connectivity index (χ1v) is 14.4. The zero-order valence-corrected chi connectivity index (χ0v) is 27.1. The molecule has 1 aromatic carbocycles. The zero-order valence-electron chi connectivity index (χ0n) is 26.3. The standard InChI is InChI=1S/C30H40N4O8S/c1-18(35)33-30(26(38)40-9)16-29(17-32-41-10,25(37)42-28(5,6)7)34(22(30)23-31-13-14-43-23)24(36)19-11-12-20(27(2,3)4)21(15-19)39-8/h11-15,17,22H,16H2,1-10H3,(H,33,35)/b32-17+. The number of rotatable bonds is 8. The highest BCUT2D eigenvalue weighted by molar-refractivity contribution is 7.09. The zero-order chi connectivity index (χ0) is 32.4. The number of hydrogen-bond acceptors (Lipinski definition) is 11. The monoisotopic (exact) mass is 616 g/mol. The lowest BCUT2D eigenvalue weighted by molar-refractivity contribution is -0.163. The van der Waals surface area contributed by atoms with E-state index < -0.39 is 52.9 Å². The maximum atomic E-state index is 14.8. The number of carbonyl (C=O) groups is 4. The first-order chi connectivity index (χ1) is 20.0. The third-order valence-corrected chi connectivity index (χ3v) is 7.76. The summed E-state index contributed by atoms with van der Waals surface area (Å²) >= 11 is 1.14. The van der Waals surface area contributed by atoms with E-state index in [2.05, 4.69) is 15.5 Å². The van der Waals surface area contributed by atoms with Gasteiger partial charge in [0.25, 0.3) is 5.91 Å². The third kappa shape index (κ3) is 6.51. The first kappa shape index (κ1) is 33.5. The van der Waals surface area contributed by atoms with Crippen LogP contribution in [-0.2, 0) is 34.1 Å². The molecule has 0 bridgehead atoms. The highest BCUT2D eigenvalue weighted by Gasteiger charge is 2.70. The van der Waals surface area contributed by atoms with Crippen molar-refractivity contribution >= 4 is 41.3 Å². The second-order valence-electron chi connectivity index (χ2n) is 12.3. The Bertz CT molecular complexity index is 1400. The summed E-state index contributed by atoms with van der Waals surface area (Å²) in [4.78, 5) is 66.1. The second-order valence-corrected chi connectivity index (χ2v) is 13.2. The van der Waals surface area contributed by atoms with E-state index in [1.165, 1.54) is 32.2 Å². The molecule has 0 saturated carbocycles. The van der Waals surface area contributed by atoms with Crippen LogP contribution >= 0.6 is 11.3 Å². The predicted octanol–water partition coefficient (Wildman–Crippen LogP) is 3.80. The fraction of sp³-hybridized carbons (Fsp3) is 0.533. The van der Waals surface area contributed by atoms with Gasteiger partial charge in [0.1, 0.15) is 29.5 Å². The van der Waals surface area contributed by atoms with Gasteiger partial charge in [-0.15, -0.1) is 11.3 Å². The fourth-order valence-electron chi connectivity index (χ4n) is 5.31. The van der Waals surface area contributed by atoms with E-state index in [1.54, 1.807) is 44.4 Å². The van der Waals surface area contributed by atoms with Crippen molar-refractivity contribution in [1.82, 2.24) is 15.2 Å². The van der Waals surface area contributed by atoms with Crippen LogP contribution in [-0.4, -0.2) is 77.9 Å². The molecule has 234 valence electrons. The van der Waals surface area contributed by atoms with Crippen LogP contribution in [0.1, 0.15) is 81.9 Å². The van der Waals surface area contributed by atoms with Crippen LogP contribution in [0.2, 0.25) is 0 Å². The number of likely N-dealkylation sites (tertiary alicyclic amines) is 1. The van der Waals surface area contributed by atoms with Gasteiger partial charge in [-0.2, -0.15) is 0 Å². The van der Waals surface area contributed by atoms with Crippen LogP contribution in [0, 0.1) is 0 Å². The summed E-state index contributed by atoms with van der Waals surface area (Å²) in [6, 6.07) is 3.65. The molecule has 0 radical (unpaired) electrons. The van der Waals surface area contributed by atoms with Crippen molar-refractivity contribution in [3.8, 4) is 5.75 Å². The number of aromatic nitrogens is 1. The Morgan fingerprint density at radius 3 is 2.26 bits per heavy atom. The number of amides is 2. The van der Waals surface area contributed by atoms with E-state index in [-0.39, 0.29) is 16.0 Å². The fourth-order valence-corrected chi connectivity index (χ4v) is 6.13. The lowest BCUT2D eigenvalue weighted by Gasteiger charge is -2.38. The summed E-state index contributed by atoms with van der Waals surface area (Å²) < 4.78 is 16.7.